The summed E-state index contributed by atoms with van der Waals surface area (Å²) in [5.74, 6) is 0. The van der Waals surface area contributed by atoms with Crippen molar-refractivity contribution in [3.8, 4) is 0 Å². The van der Waals surface area contributed by atoms with E-state index < -0.39 is 0 Å². The monoisotopic (exact) mass is 140 g/mol. The van der Waals surface area contributed by atoms with Crippen molar-refractivity contribution < 1.29 is 0 Å². The number of hydrogen-bond donors (Lipinski definition) is 0. The molecule has 10 heavy (non-hydrogen) atoms. The van der Waals surface area contributed by atoms with Crippen molar-refractivity contribution in [2.45, 2.75) is 41.0 Å². The van der Waals surface area contributed by atoms with E-state index in [1.165, 1.54) is 18.4 Å². The third-order valence-electron chi connectivity index (χ3n) is 1.22. The normalized spacial score (nSPS) is 14.1. The zero-order valence-electron chi connectivity index (χ0n) is 6.65. The van der Waals surface area contributed by atoms with Crippen LogP contribution in [-0.2, 0) is 0 Å². The molecular formula is C10H20. The summed E-state index contributed by atoms with van der Waals surface area (Å²) in [6, 6.07) is 0. The summed E-state index contributed by atoms with van der Waals surface area (Å²) in [6.45, 7) is 6.17. The van der Waals surface area contributed by atoms with E-state index in [1.54, 1.807) is 0 Å². The van der Waals surface area contributed by atoms with Crippen LogP contribution in [0.2, 0.25) is 0 Å². The largest absolute Gasteiger partial charge is 0.0842 e. The van der Waals surface area contributed by atoms with Crippen LogP contribution in [0.3, 0.4) is 0 Å². The predicted octanol–water partition coefficient (Wildman–Crippen LogP) is 3.95. The Labute approximate surface area is 65.7 Å². The first-order valence-corrected chi connectivity index (χ1v) is 3.72. The van der Waals surface area contributed by atoms with Gasteiger partial charge in [0.1, 0.15) is 0 Å². The summed E-state index contributed by atoms with van der Waals surface area (Å²) in [7, 11) is 0. The molecule has 0 N–H and O–H groups in total. The first kappa shape index (κ1) is 12.2. The molecule has 0 unspecified atom stereocenters. The lowest BCUT2D eigenvalue weighted by Gasteiger charge is -1.98. The molecule has 1 aliphatic rings. The van der Waals surface area contributed by atoms with E-state index >= 15 is 0 Å². The second-order valence-electron chi connectivity index (χ2n) is 1.98. The lowest BCUT2D eigenvalue weighted by atomic mass is 10.1. The fraction of sp³-hybridized carbons (Fsp3) is 0.600. The fourth-order valence-electron chi connectivity index (χ4n) is 0.723. The van der Waals surface area contributed by atoms with Crippen LogP contribution < -0.4 is 0 Å². The molecule has 0 saturated heterocycles. The first-order chi connectivity index (χ1) is 4.39. The number of hydrogen-bond acceptors (Lipinski definition) is 0. The molecule has 0 saturated carbocycles. The zero-order valence-corrected chi connectivity index (χ0v) is 6.65. The Hall–Kier alpha value is -0.520. The van der Waals surface area contributed by atoms with E-state index in [2.05, 4.69) is 25.2 Å². The van der Waals surface area contributed by atoms with Gasteiger partial charge in [0.2, 0.25) is 0 Å². The van der Waals surface area contributed by atoms with Crippen molar-refractivity contribution in [1.29, 1.82) is 0 Å². The van der Waals surface area contributed by atoms with Gasteiger partial charge in [-0.2, -0.15) is 0 Å². The highest BCUT2D eigenvalue weighted by molar-refractivity contribution is 5.15. The van der Waals surface area contributed by atoms with Gasteiger partial charge in [-0.05, 0) is 19.8 Å². The molecule has 0 nitrogen and oxygen atoms in total. The Balaban J connectivity index is 0. The van der Waals surface area contributed by atoms with E-state index in [0.29, 0.717) is 0 Å². The highest BCUT2D eigenvalue weighted by atomic mass is 13.9. The Morgan fingerprint density at radius 1 is 1.30 bits per heavy atom. The quantitative estimate of drug-likeness (QED) is 0.478. The molecule has 0 fully saturated rings. The smallest absolute Gasteiger partial charge is 0.0285 e. The fourth-order valence-corrected chi connectivity index (χ4v) is 0.723. The van der Waals surface area contributed by atoms with Gasteiger partial charge < -0.3 is 0 Å². The van der Waals surface area contributed by atoms with Gasteiger partial charge >= 0.3 is 0 Å². The second-order valence-corrected chi connectivity index (χ2v) is 1.98. The van der Waals surface area contributed by atoms with Gasteiger partial charge in [0.05, 0.1) is 0 Å². The average Bonchev–Trinajstić information content (AvgIpc) is 1.94. The molecule has 0 heteroatoms. The standard InChI is InChI=1S/C7H10.C2H6.CH4/c1-7-5-3-2-4-6-7;1-2;/h2-3,5H,4,6H2,1H3;1-2H3;1H4. The minimum Gasteiger partial charge on any atom is -0.0842 e. The highest BCUT2D eigenvalue weighted by Crippen LogP contribution is 2.08. The molecule has 0 atom stereocenters. The van der Waals surface area contributed by atoms with Gasteiger partial charge in [0, 0.05) is 0 Å². The van der Waals surface area contributed by atoms with Crippen LogP contribution in [-0.4, -0.2) is 0 Å². The van der Waals surface area contributed by atoms with E-state index in [1.807, 2.05) is 13.8 Å². The summed E-state index contributed by atoms with van der Waals surface area (Å²) in [6.07, 6.45) is 8.99. The topological polar surface area (TPSA) is 0 Å². The van der Waals surface area contributed by atoms with Gasteiger partial charge in [0.25, 0.3) is 0 Å². The van der Waals surface area contributed by atoms with E-state index in [-0.39, 0.29) is 7.43 Å². The van der Waals surface area contributed by atoms with Crippen LogP contribution in [0.15, 0.2) is 23.8 Å². The lowest BCUT2D eigenvalue weighted by molar-refractivity contribution is 0.962. The van der Waals surface area contributed by atoms with Crippen LogP contribution in [0.5, 0.6) is 0 Å². The van der Waals surface area contributed by atoms with E-state index in [4.69, 9.17) is 0 Å². The molecule has 0 aromatic heterocycles. The third kappa shape index (κ3) is 5.61. The van der Waals surface area contributed by atoms with Crippen molar-refractivity contribution in [2.24, 2.45) is 0 Å². The van der Waals surface area contributed by atoms with Crippen molar-refractivity contribution in [3.05, 3.63) is 23.8 Å². The number of rotatable bonds is 0. The Morgan fingerprint density at radius 3 is 2.10 bits per heavy atom. The highest BCUT2D eigenvalue weighted by Gasteiger charge is 1.88. The summed E-state index contributed by atoms with van der Waals surface area (Å²) >= 11 is 0. The first-order valence-electron chi connectivity index (χ1n) is 3.72. The van der Waals surface area contributed by atoms with Gasteiger partial charge in [-0.25, -0.2) is 0 Å². The summed E-state index contributed by atoms with van der Waals surface area (Å²) in [4.78, 5) is 0. The molecular weight excluding hydrogens is 120 g/mol. The Bertz CT molecular complexity index is 107. The van der Waals surface area contributed by atoms with Gasteiger partial charge in [0.15, 0.2) is 0 Å². The summed E-state index contributed by atoms with van der Waals surface area (Å²) in [5, 5.41) is 0. The van der Waals surface area contributed by atoms with Crippen LogP contribution in [0.1, 0.15) is 41.0 Å². The molecule has 0 heterocycles. The third-order valence-corrected chi connectivity index (χ3v) is 1.22. The molecule has 0 radical (unpaired) electrons. The summed E-state index contributed by atoms with van der Waals surface area (Å²) < 4.78 is 0. The van der Waals surface area contributed by atoms with Crippen molar-refractivity contribution in [2.75, 3.05) is 0 Å². The van der Waals surface area contributed by atoms with Gasteiger partial charge in [-0.1, -0.05) is 45.1 Å². The molecule has 0 spiro atoms. The SMILES string of the molecule is C.CC.CC1=CC=CCC1. The Kier molecular flexibility index (Phi) is 10.3. The molecule has 60 valence electrons. The molecule has 0 aliphatic heterocycles. The maximum absolute atomic E-state index is 2.20. The molecule has 0 bridgehead atoms. The van der Waals surface area contributed by atoms with E-state index in [9.17, 15) is 0 Å². The summed E-state index contributed by atoms with van der Waals surface area (Å²) in [5.41, 5.74) is 1.50. The zero-order chi connectivity index (χ0) is 7.11. The van der Waals surface area contributed by atoms with Gasteiger partial charge in [-0.15, -0.1) is 0 Å². The van der Waals surface area contributed by atoms with Crippen LogP contribution in [0.25, 0.3) is 0 Å². The van der Waals surface area contributed by atoms with Crippen LogP contribution in [0, 0.1) is 0 Å². The van der Waals surface area contributed by atoms with Crippen molar-refractivity contribution >= 4 is 0 Å². The van der Waals surface area contributed by atoms with Crippen molar-refractivity contribution in [3.63, 3.8) is 0 Å². The molecule has 0 amide bonds. The maximum Gasteiger partial charge on any atom is -0.0285 e. The number of allylic oxidation sites excluding steroid dienone is 4. The molecule has 1 aliphatic carbocycles. The molecule has 1 rings (SSSR count). The van der Waals surface area contributed by atoms with Crippen LogP contribution >= 0.6 is 0 Å². The minimum absolute atomic E-state index is 0. The maximum atomic E-state index is 2.20. The molecule has 0 aromatic rings. The van der Waals surface area contributed by atoms with Crippen molar-refractivity contribution in [1.82, 2.24) is 0 Å². The lowest BCUT2D eigenvalue weighted by Crippen LogP contribution is -1.78. The van der Waals surface area contributed by atoms with E-state index in [0.717, 1.165) is 0 Å². The second kappa shape index (κ2) is 8.48. The van der Waals surface area contributed by atoms with Gasteiger partial charge in [-0.3, -0.25) is 0 Å². The molecule has 0 aromatic carbocycles. The van der Waals surface area contributed by atoms with Crippen LogP contribution in [0.4, 0.5) is 0 Å². The average molecular weight is 140 g/mol. The Morgan fingerprint density at radius 2 is 1.90 bits per heavy atom. The minimum atomic E-state index is 0. The predicted molar refractivity (Wildman–Crippen MR) is 50.2 cm³/mol.